The molecule has 2 heterocycles. The summed E-state index contributed by atoms with van der Waals surface area (Å²) < 4.78 is 1.68. The van der Waals surface area contributed by atoms with Gasteiger partial charge in [0.1, 0.15) is 5.56 Å². The Labute approximate surface area is 99.9 Å². The topological polar surface area (TPSA) is 59.3 Å². The molecule has 0 saturated carbocycles. The van der Waals surface area contributed by atoms with Crippen molar-refractivity contribution in [3.63, 3.8) is 0 Å². The van der Waals surface area contributed by atoms with Gasteiger partial charge < -0.3 is 5.32 Å². The van der Waals surface area contributed by atoms with Crippen LogP contribution < -0.4 is 5.32 Å². The van der Waals surface area contributed by atoms with Gasteiger partial charge in [-0.2, -0.15) is 5.10 Å². The molecule has 0 aliphatic rings. The maximum Gasteiger partial charge on any atom is 0.256 e. The lowest BCUT2D eigenvalue weighted by Crippen LogP contribution is -2.30. The number of nitrogens with zero attached hydrogens (tertiary/aromatic N) is 3. The molecule has 0 saturated heterocycles. The summed E-state index contributed by atoms with van der Waals surface area (Å²) in [5.41, 5.74) is 2.98. The Hall–Kier alpha value is -1.91. The number of carbonyl (C=O) groups excluding carboxylic acids is 1. The van der Waals surface area contributed by atoms with Crippen molar-refractivity contribution in [1.29, 1.82) is 0 Å². The largest absolute Gasteiger partial charge is 0.350 e. The lowest BCUT2D eigenvalue weighted by Gasteiger charge is -2.07. The van der Waals surface area contributed by atoms with E-state index in [9.17, 15) is 4.79 Å². The predicted molar refractivity (Wildman–Crippen MR) is 65.1 cm³/mol. The van der Waals surface area contributed by atoms with Crippen LogP contribution in [0.3, 0.4) is 0 Å². The Morgan fingerprint density at radius 2 is 2.12 bits per heavy atom. The average Bonchev–Trinajstić information content (AvgIpc) is 2.59. The molecule has 2 rings (SSSR count). The molecule has 0 bridgehead atoms. The zero-order chi connectivity index (χ0) is 12.6. The Morgan fingerprint density at radius 1 is 1.41 bits per heavy atom. The summed E-state index contributed by atoms with van der Waals surface area (Å²) in [6, 6.07) is 2.03. The molecule has 90 valence electrons. The number of rotatable bonds is 2. The van der Waals surface area contributed by atoms with Crippen molar-refractivity contribution in [3.8, 4) is 0 Å². The van der Waals surface area contributed by atoms with E-state index in [0.717, 1.165) is 11.4 Å². The molecule has 2 aromatic rings. The number of nitrogens with one attached hydrogen (secondary N) is 1. The first-order valence-electron chi connectivity index (χ1n) is 5.62. The van der Waals surface area contributed by atoms with Crippen LogP contribution in [0.5, 0.6) is 0 Å². The molecule has 17 heavy (non-hydrogen) atoms. The Morgan fingerprint density at radius 3 is 2.76 bits per heavy atom. The van der Waals surface area contributed by atoms with Crippen molar-refractivity contribution in [3.05, 3.63) is 29.2 Å². The van der Waals surface area contributed by atoms with E-state index < -0.39 is 0 Å². The molecule has 0 unspecified atom stereocenters. The van der Waals surface area contributed by atoms with E-state index in [-0.39, 0.29) is 11.9 Å². The normalized spacial score (nSPS) is 11.1. The number of amides is 1. The lowest BCUT2D eigenvalue weighted by atomic mass is 10.2. The summed E-state index contributed by atoms with van der Waals surface area (Å²) in [6.45, 7) is 7.70. The van der Waals surface area contributed by atoms with Crippen molar-refractivity contribution in [1.82, 2.24) is 19.9 Å². The maximum atomic E-state index is 11.9. The van der Waals surface area contributed by atoms with E-state index in [2.05, 4.69) is 15.4 Å². The highest BCUT2D eigenvalue weighted by atomic mass is 16.1. The van der Waals surface area contributed by atoms with Crippen LogP contribution in [0.2, 0.25) is 0 Å². The summed E-state index contributed by atoms with van der Waals surface area (Å²) in [7, 11) is 0. The van der Waals surface area contributed by atoms with Crippen molar-refractivity contribution in [2.75, 3.05) is 0 Å². The molecule has 0 aliphatic heterocycles. The number of hydrogen-bond donors (Lipinski definition) is 1. The Bertz CT molecular complexity index is 571. The summed E-state index contributed by atoms with van der Waals surface area (Å²) in [5.74, 6) is -0.132. The van der Waals surface area contributed by atoms with Crippen molar-refractivity contribution < 1.29 is 4.79 Å². The van der Waals surface area contributed by atoms with Gasteiger partial charge in [-0.15, -0.1) is 0 Å². The van der Waals surface area contributed by atoms with Gasteiger partial charge in [0, 0.05) is 17.4 Å². The number of hydrogen-bond acceptors (Lipinski definition) is 3. The molecule has 5 nitrogen and oxygen atoms in total. The number of carbonyl (C=O) groups is 1. The molecular formula is C12H16N4O. The molecule has 0 aliphatic carbocycles. The summed E-state index contributed by atoms with van der Waals surface area (Å²) in [4.78, 5) is 16.3. The number of aryl methyl sites for hydroxylation is 2. The molecule has 0 atom stereocenters. The quantitative estimate of drug-likeness (QED) is 0.853. The molecule has 1 amide bonds. The van der Waals surface area contributed by atoms with Crippen LogP contribution in [0.1, 0.15) is 35.6 Å². The fourth-order valence-electron chi connectivity index (χ4n) is 1.77. The molecule has 0 spiro atoms. The highest BCUT2D eigenvalue weighted by molar-refractivity contribution is 5.99. The van der Waals surface area contributed by atoms with Crippen LogP contribution in [0.4, 0.5) is 0 Å². The van der Waals surface area contributed by atoms with Gasteiger partial charge in [0.05, 0.1) is 6.20 Å². The molecule has 0 radical (unpaired) electrons. The molecule has 0 aromatic carbocycles. The molecule has 5 heteroatoms. The molecule has 0 fully saturated rings. The van der Waals surface area contributed by atoms with Crippen LogP contribution in [0.25, 0.3) is 5.65 Å². The van der Waals surface area contributed by atoms with Gasteiger partial charge in [-0.25, -0.2) is 9.50 Å². The van der Waals surface area contributed by atoms with Crippen LogP contribution in [0.15, 0.2) is 12.3 Å². The van der Waals surface area contributed by atoms with E-state index in [1.54, 1.807) is 10.7 Å². The van der Waals surface area contributed by atoms with Gasteiger partial charge in [0.25, 0.3) is 5.91 Å². The fraction of sp³-hybridized carbons (Fsp3) is 0.417. The van der Waals surface area contributed by atoms with Gasteiger partial charge >= 0.3 is 0 Å². The minimum atomic E-state index is -0.132. The SMILES string of the molecule is Cc1cc(C)n2ncc(C(=O)NC(C)C)c2n1. The van der Waals surface area contributed by atoms with Crippen molar-refractivity contribution in [2.24, 2.45) is 0 Å². The first-order chi connectivity index (χ1) is 7.99. The van der Waals surface area contributed by atoms with Gasteiger partial charge in [-0.1, -0.05) is 0 Å². The summed E-state index contributed by atoms with van der Waals surface area (Å²) in [5, 5.41) is 7.02. The van der Waals surface area contributed by atoms with Gasteiger partial charge in [-0.05, 0) is 33.8 Å². The first kappa shape index (κ1) is 11.6. The number of aromatic nitrogens is 3. The zero-order valence-corrected chi connectivity index (χ0v) is 10.5. The van der Waals surface area contributed by atoms with Gasteiger partial charge in [-0.3, -0.25) is 4.79 Å². The number of fused-ring (bicyclic) bond motifs is 1. The fourth-order valence-corrected chi connectivity index (χ4v) is 1.77. The van der Waals surface area contributed by atoms with Crippen LogP contribution in [-0.4, -0.2) is 26.5 Å². The van der Waals surface area contributed by atoms with Crippen molar-refractivity contribution >= 4 is 11.6 Å². The molecule has 2 aromatic heterocycles. The highest BCUT2D eigenvalue weighted by Gasteiger charge is 2.15. The predicted octanol–water partition coefficient (Wildman–Crippen LogP) is 1.48. The Balaban J connectivity index is 2.52. The monoisotopic (exact) mass is 232 g/mol. The second-order valence-electron chi connectivity index (χ2n) is 4.46. The van der Waals surface area contributed by atoms with Crippen LogP contribution >= 0.6 is 0 Å². The van der Waals surface area contributed by atoms with Gasteiger partial charge in [0.15, 0.2) is 5.65 Å². The minimum Gasteiger partial charge on any atom is -0.350 e. The summed E-state index contributed by atoms with van der Waals surface area (Å²) >= 11 is 0. The lowest BCUT2D eigenvalue weighted by molar-refractivity contribution is 0.0944. The highest BCUT2D eigenvalue weighted by Crippen LogP contribution is 2.11. The van der Waals surface area contributed by atoms with E-state index in [1.807, 2.05) is 33.8 Å². The third kappa shape index (κ3) is 2.13. The third-order valence-electron chi connectivity index (χ3n) is 2.44. The molecular weight excluding hydrogens is 216 g/mol. The maximum absolute atomic E-state index is 11.9. The van der Waals surface area contributed by atoms with E-state index in [4.69, 9.17) is 0 Å². The Kier molecular flexibility index (Phi) is 2.83. The second-order valence-corrected chi connectivity index (χ2v) is 4.46. The standard InChI is InChI=1S/C12H16N4O/c1-7(2)14-12(17)10-6-13-16-9(4)5-8(3)15-11(10)16/h5-7H,1-4H3,(H,14,17). The second kappa shape index (κ2) is 4.16. The van der Waals surface area contributed by atoms with E-state index in [1.165, 1.54) is 0 Å². The van der Waals surface area contributed by atoms with E-state index >= 15 is 0 Å². The van der Waals surface area contributed by atoms with Gasteiger partial charge in [0.2, 0.25) is 0 Å². The van der Waals surface area contributed by atoms with Crippen LogP contribution in [0, 0.1) is 13.8 Å². The first-order valence-corrected chi connectivity index (χ1v) is 5.62. The summed E-state index contributed by atoms with van der Waals surface area (Å²) in [6.07, 6.45) is 1.56. The third-order valence-corrected chi connectivity index (χ3v) is 2.44. The smallest absolute Gasteiger partial charge is 0.256 e. The van der Waals surface area contributed by atoms with Crippen molar-refractivity contribution in [2.45, 2.75) is 33.7 Å². The molecule has 1 N–H and O–H groups in total. The van der Waals surface area contributed by atoms with E-state index in [0.29, 0.717) is 11.2 Å². The average molecular weight is 232 g/mol. The zero-order valence-electron chi connectivity index (χ0n) is 10.5. The van der Waals surface area contributed by atoms with Crippen LogP contribution in [-0.2, 0) is 0 Å². The minimum absolute atomic E-state index is 0.100.